The van der Waals surface area contributed by atoms with Crippen LogP contribution in [0.5, 0.6) is 0 Å². The van der Waals surface area contributed by atoms with Crippen LogP contribution >= 0.6 is 0 Å². The zero-order valence-electron chi connectivity index (χ0n) is 23.0. The third kappa shape index (κ3) is 2.72. The molecule has 6 aliphatic rings. The molecule has 34 heavy (non-hydrogen) atoms. The fourth-order valence-electron chi connectivity index (χ4n) is 12.6. The van der Waals surface area contributed by atoms with Crippen LogP contribution in [0.4, 0.5) is 0 Å². The normalized spacial score (nSPS) is 57.6. The maximum Gasteiger partial charge on any atom is 0.311 e. The summed E-state index contributed by atoms with van der Waals surface area (Å²) in [4.78, 5) is 12.9. The van der Waals surface area contributed by atoms with Crippen LogP contribution in [0.1, 0.15) is 106 Å². The first-order valence-electron chi connectivity index (χ1n) is 14.6. The van der Waals surface area contributed by atoms with Gasteiger partial charge >= 0.3 is 5.97 Å². The summed E-state index contributed by atoms with van der Waals surface area (Å²) in [6.45, 7) is 16.5. The molecule has 6 fully saturated rings. The van der Waals surface area contributed by atoms with Crippen LogP contribution in [0, 0.1) is 62.6 Å². The highest BCUT2D eigenvalue weighted by atomic mass is 16.5. The third-order valence-corrected chi connectivity index (χ3v) is 14.2. The maximum absolute atomic E-state index is 12.9. The number of esters is 1. The highest BCUT2D eigenvalue weighted by Crippen LogP contribution is 2.77. The molecule has 192 valence electrons. The number of hydrogen-bond donors (Lipinski definition) is 0. The van der Waals surface area contributed by atoms with E-state index in [0.717, 1.165) is 24.9 Å². The number of carbonyl (C=O) groups excluding carboxylic acids is 1. The van der Waals surface area contributed by atoms with E-state index in [4.69, 9.17) is 9.47 Å². The lowest BCUT2D eigenvalue weighted by atomic mass is 9.31. The fraction of sp³-hybridized carbons (Fsp3) is 0.968. The molecule has 0 aromatic carbocycles. The molecular formula is C31H50O3. The molecule has 1 aliphatic heterocycles. The number of fused-ring (bicyclic) bond motifs is 7. The van der Waals surface area contributed by atoms with Crippen molar-refractivity contribution in [3.05, 3.63) is 0 Å². The van der Waals surface area contributed by atoms with Gasteiger partial charge in [0.25, 0.3) is 0 Å². The van der Waals surface area contributed by atoms with Crippen molar-refractivity contribution in [3.63, 3.8) is 0 Å². The summed E-state index contributed by atoms with van der Waals surface area (Å²) < 4.78 is 11.7. The molecule has 5 aliphatic carbocycles. The molecule has 0 aromatic rings. The van der Waals surface area contributed by atoms with Crippen molar-refractivity contribution in [3.8, 4) is 0 Å². The van der Waals surface area contributed by atoms with Gasteiger partial charge in [-0.3, -0.25) is 4.79 Å². The second-order valence-electron chi connectivity index (χ2n) is 15.4. The Morgan fingerprint density at radius 1 is 0.882 bits per heavy atom. The molecule has 3 nitrogen and oxygen atoms in total. The summed E-state index contributed by atoms with van der Waals surface area (Å²) in [5.41, 5.74) is 2.06. The van der Waals surface area contributed by atoms with Crippen LogP contribution in [-0.2, 0) is 14.3 Å². The van der Waals surface area contributed by atoms with E-state index in [9.17, 15) is 4.79 Å². The summed E-state index contributed by atoms with van der Waals surface area (Å²) in [7, 11) is 1.56. The lowest BCUT2D eigenvalue weighted by Crippen LogP contribution is -2.67. The predicted octanol–water partition coefficient (Wildman–Crippen LogP) is 7.28. The maximum atomic E-state index is 12.9. The van der Waals surface area contributed by atoms with Crippen LogP contribution in [0.3, 0.4) is 0 Å². The van der Waals surface area contributed by atoms with Gasteiger partial charge in [0.15, 0.2) is 0 Å². The minimum absolute atomic E-state index is 0.0300. The summed E-state index contributed by atoms with van der Waals surface area (Å²) in [6, 6.07) is 0. The first-order chi connectivity index (χ1) is 15.9. The molecule has 5 saturated carbocycles. The molecule has 1 saturated heterocycles. The van der Waals surface area contributed by atoms with Gasteiger partial charge in [-0.1, -0.05) is 48.0 Å². The van der Waals surface area contributed by atoms with E-state index in [2.05, 4.69) is 41.5 Å². The van der Waals surface area contributed by atoms with E-state index < -0.39 is 0 Å². The molecule has 0 N–H and O–H groups in total. The zero-order valence-corrected chi connectivity index (χ0v) is 23.0. The summed E-state index contributed by atoms with van der Waals surface area (Å²) in [5.74, 6) is 3.28. The van der Waals surface area contributed by atoms with Crippen molar-refractivity contribution >= 4 is 5.97 Å². The average Bonchev–Trinajstić information content (AvgIpc) is 3.13. The molecule has 1 heterocycles. The van der Waals surface area contributed by atoms with E-state index in [1.165, 1.54) is 57.8 Å². The highest BCUT2D eigenvalue weighted by Gasteiger charge is 2.72. The van der Waals surface area contributed by atoms with Gasteiger partial charge in [-0.15, -0.1) is 0 Å². The molecule has 0 aromatic heterocycles. The lowest BCUT2D eigenvalue weighted by Gasteiger charge is -2.73. The Balaban J connectivity index is 1.39. The van der Waals surface area contributed by atoms with E-state index in [-0.39, 0.29) is 18.0 Å². The lowest BCUT2D eigenvalue weighted by molar-refractivity contribution is -0.245. The van der Waals surface area contributed by atoms with Gasteiger partial charge in [0.1, 0.15) is 0 Å². The van der Waals surface area contributed by atoms with Crippen LogP contribution in [0.2, 0.25) is 0 Å². The van der Waals surface area contributed by atoms with E-state index >= 15 is 0 Å². The summed E-state index contributed by atoms with van der Waals surface area (Å²) in [5, 5.41) is 0. The van der Waals surface area contributed by atoms with Crippen molar-refractivity contribution in [2.24, 2.45) is 62.6 Å². The molecule has 3 heteroatoms. The Labute approximate surface area is 208 Å². The molecule has 1 spiro atoms. The van der Waals surface area contributed by atoms with Crippen LogP contribution in [0.15, 0.2) is 0 Å². The second kappa shape index (κ2) is 7.26. The first kappa shape index (κ1) is 23.8. The second-order valence-corrected chi connectivity index (χ2v) is 15.4. The van der Waals surface area contributed by atoms with Gasteiger partial charge in [-0.25, -0.2) is 0 Å². The van der Waals surface area contributed by atoms with Crippen LogP contribution in [-0.4, -0.2) is 25.8 Å². The first-order valence-corrected chi connectivity index (χ1v) is 14.6. The Kier molecular flexibility index (Phi) is 5.08. The van der Waals surface area contributed by atoms with Gasteiger partial charge in [-0.2, -0.15) is 0 Å². The number of hydrogen-bond acceptors (Lipinski definition) is 3. The Morgan fingerprint density at radius 3 is 2.38 bits per heavy atom. The molecule has 2 bridgehead atoms. The average molecular weight is 471 g/mol. The Hall–Kier alpha value is -0.570. The van der Waals surface area contributed by atoms with Crippen molar-refractivity contribution in [2.45, 2.75) is 112 Å². The zero-order chi connectivity index (χ0) is 24.3. The Bertz CT molecular complexity index is 865. The van der Waals surface area contributed by atoms with E-state index in [0.29, 0.717) is 44.8 Å². The minimum atomic E-state index is -0.0779. The van der Waals surface area contributed by atoms with Gasteiger partial charge in [0.05, 0.1) is 25.7 Å². The van der Waals surface area contributed by atoms with Crippen molar-refractivity contribution in [1.29, 1.82) is 0 Å². The molecule has 11 atom stereocenters. The van der Waals surface area contributed by atoms with Crippen LogP contribution < -0.4 is 0 Å². The van der Waals surface area contributed by atoms with Gasteiger partial charge in [0.2, 0.25) is 0 Å². The van der Waals surface area contributed by atoms with Crippen molar-refractivity contribution < 1.29 is 14.3 Å². The fourth-order valence-corrected chi connectivity index (χ4v) is 12.6. The molecule has 0 radical (unpaired) electrons. The van der Waals surface area contributed by atoms with Gasteiger partial charge < -0.3 is 9.47 Å². The number of methoxy groups -OCH3 is 1. The topological polar surface area (TPSA) is 35.5 Å². The van der Waals surface area contributed by atoms with Gasteiger partial charge in [-0.05, 0) is 114 Å². The number of rotatable bonds is 1. The SMILES string of the molecule is COC(=O)[C@H]1[C@@H](C)[C@@H]2[C@H]3CC[C@@H]4[C@]5(C)CCCC(C)(C)[C@@H]5CC[C@]4(C)[C@]3(C)CC[C@]23CO[C@@H]1C3. The number of carbonyl (C=O) groups is 1. The van der Waals surface area contributed by atoms with Crippen LogP contribution in [0.25, 0.3) is 0 Å². The van der Waals surface area contributed by atoms with E-state index in [1.807, 2.05) is 0 Å². The standard InChI is InChI=1S/C31H50O3/c1-19-24(26(32)33-7)21-17-31(18-34-21)16-15-29(5)20(25(19)31)9-10-23-28(4)13-8-12-27(2,3)22(28)11-14-30(23,29)6/h19-25H,8-18H2,1-7H3/t19-,20-,21-,22+,23-,24+,25-,28-,29-,30+,31+/m1/s1. The molecule has 0 amide bonds. The molecule has 0 unspecified atom stereocenters. The summed E-state index contributed by atoms with van der Waals surface area (Å²) in [6.07, 6.45) is 13.7. The predicted molar refractivity (Wildman–Crippen MR) is 135 cm³/mol. The number of ether oxygens (including phenoxy) is 2. The quantitative estimate of drug-likeness (QED) is 0.378. The largest absolute Gasteiger partial charge is 0.469 e. The van der Waals surface area contributed by atoms with Crippen molar-refractivity contribution in [1.82, 2.24) is 0 Å². The third-order valence-electron chi connectivity index (χ3n) is 14.2. The monoisotopic (exact) mass is 470 g/mol. The Morgan fingerprint density at radius 2 is 1.65 bits per heavy atom. The minimum Gasteiger partial charge on any atom is -0.469 e. The van der Waals surface area contributed by atoms with Crippen molar-refractivity contribution in [2.75, 3.05) is 13.7 Å². The molecular weight excluding hydrogens is 420 g/mol. The molecule has 6 rings (SSSR count). The highest BCUT2D eigenvalue weighted by molar-refractivity contribution is 5.73. The van der Waals surface area contributed by atoms with Gasteiger partial charge in [0, 0.05) is 0 Å². The smallest absolute Gasteiger partial charge is 0.311 e. The summed E-state index contributed by atoms with van der Waals surface area (Å²) >= 11 is 0. The van der Waals surface area contributed by atoms with E-state index in [1.54, 1.807) is 7.11 Å².